The van der Waals surface area contributed by atoms with Gasteiger partial charge in [-0.15, -0.1) is 0 Å². The summed E-state index contributed by atoms with van der Waals surface area (Å²) in [4.78, 5) is 14.8. The molecule has 1 fully saturated rings. The number of benzene rings is 1. The summed E-state index contributed by atoms with van der Waals surface area (Å²) in [5, 5.41) is 7.15. The maximum atomic E-state index is 12.4. The molecule has 134 valence electrons. The summed E-state index contributed by atoms with van der Waals surface area (Å²) in [6.45, 7) is 1.73. The fraction of sp³-hybridized carbons (Fsp3) is 0.474. The standard InChI is InChI=1S/C19H26N4O2/c1-22-12-4-5-15(13-20-19(24)17-10-11-21-23(17)2)18(22)14-6-8-16(25-3)9-7-14/h6-11,15,18H,4-5,12-13H2,1-3H3,(H,20,24)/t15-,18-/m0/s1. The van der Waals surface area contributed by atoms with Crippen LogP contribution in [0.15, 0.2) is 36.5 Å². The van der Waals surface area contributed by atoms with Crippen molar-refractivity contribution in [3.63, 3.8) is 0 Å². The summed E-state index contributed by atoms with van der Waals surface area (Å²) in [5.41, 5.74) is 1.85. The topological polar surface area (TPSA) is 59.4 Å². The number of nitrogens with one attached hydrogen (secondary N) is 1. The van der Waals surface area contributed by atoms with Crippen LogP contribution >= 0.6 is 0 Å². The van der Waals surface area contributed by atoms with Crippen molar-refractivity contribution in [3.8, 4) is 5.75 Å². The first-order chi connectivity index (χ1) is 12.1. The van der Waals surface area contributed by atoms with E-state index in [0.717, 1.165) is 25.1 Å². The number of aryl methyl sites for hydroxylation is 1. The summed E-state index contributed by atoms with van der Waals surface area (Å²) in [6, 6.07) is 10.3. The maximum absolute atomic E-state index is 12.4. The molecule has 6 nitrogen and oxygen atoms in total. The Bertz CT molecular complexity index is 710. The molecule has 0 radical (unpaired) electrons. The number of carbonyl (C=O) groups is 1. The third-order valence-corrected chi connectivity index (χ3v) is 5.04. The second kappa shape index (κ2) is 7.70. The zero-order chi connectivity index (χ0) is 17.8. The Morgan fingerprint density at radius 1 is 1.28 bits per heavy atom. The number of hydrogen-bond acceptors (Lipinski definition) is 4. The van der Waals surface area contributed by atoms with Crippen LogP contribution in [0, 0.1) is 5.92 Å². The highest BCUT2D eigenvalue weighted by Gasteiger charge is 2.30. The molecule has 0 spiro atoms. The van der Waals surface area contributed by atoms with E-state index in [1.54, 1.807) is 31.1 Å². The average Bonchev–Trinajstić information content (AvgIpc) is 3.06. The smallest absolute Gasteiger partial charge is 0.269 e. The lowest BCUT2D eigenvalue weighted by Crippen LogP contribution is -2.42. The van der Waals surface area contributed by atoms with Gasteiger partial charge in [0.25, 0.3) is 5.91 Å². The number of methoxy groups -OCH3 is 1. The van der Waals surface area contributed by atoms with Crippen LogP contribution in [0.3, 0.4) is 0 Å². The molecule has 0 unspecified atom stereocenters. The van der Waals surface area contributed by atoms with Crippen LogP contribution < -0.4 is 10.1 Å². The largest absolute Gasteiger partial charge is 0.497 e. The van der Waals surface area contributed by atoms with Gasteiger partial charge in [0.05, 0.1) is 7.11 Å². The van der Waals surface area contributed by atoms with Gasteiger partial charge in [0.1, 0.15) is 11.4 Å². The predicted octanol–water partition coefficient (Wildman–Crippen LogP) is 2.24. The van der Waals surface area contributed by atoms with Crippen molar-refractivity contribution >= 4 is 5.91 Å². The number of nitrogens with zero attached hydrogens (tertiary/aromatic N) is 3. The summed E-state index contributed by atoms with van der Waals surface area (Å²) in [6.07, 6.45) is 3.89. The van der Waals surface area contributed by atoms with Gasteiger partial charge in [-0.2, -0.15) is 5.10 Å². The Morgan fingerprint density at radius 3 is 2.68 bits per heavy atom. The number of rotatable bonds is 5. The Morgan fingerprint density at radius 2 is 2.04 bits per heavy atom. The van der Waals surface area contributed by atoms with Crippen LogP contribution in [0.5, 0.6) is 5.75 Å². The van der Waals surface area contributed by atoms with Crippen LogP contribution in [-0.2, 0) is 7.05 Å². The molecule has 1 aromatic heterocycles. The number of ether oxygens (including phenoxy) is 1. The van der Waals surface area contributed by atoms with Crippen molar-refractivity contribution in [2.75, 3.05) is 27.2 Å². The molecule has 1 aromatic carbocycles. The van der Waals surface area contributed by atoms with Crippen molar-refractivity contribution in [2.45, 2.75) is 18.9 Å². The van der Waals surface area contributed by atoms with Crippen LogP contribution in [0.25, 0.3) is 0 Å². The van der Waals surface area contributed by atoms with E-state index in [1.807, 2.05) is 12.1 Å². The highest BCUT2D eigenvalue weighted by Crippen LogP contribution is 2.35. The molecule has 2 heterocycles. The molecule has 25 heavy (non-hydrogen) atoms. The van der Waals surface area contributed by atoms with Gasteiger partial charge < -0.3 is 10.1 Å². The van der Waals surface area contributed by atoms with Gasteiger partial charge in [-0.3, -0.25) is 14.4 Å². The molecule has 0 saturated carbocycles. The number of amides is 1. The minimum absolute atomic E-state index is 0.0679. The Balaban J connectivity index is 1.71. The van der Waals surface area contributed by atoms with Crippen molar-refractivity contribution in [2.24, 2.45) is 13.0 Å². The van der Waals surface area contributed by atoms with Crippen LogP contribution in [0.1, 0.15) is 34.9 Å². The first-order valence-corrected chi connectivity index (χ1v) is 8.70. The lowest BCUT2D eigenvalue weighted by Gasteiger charge is -2.39. The van der Waals surface area contributed by atoms with Crippen LogP contribution in [0.2, 0.25) is 0 Å². The summed E-state index contributed by atoms with van der Waals surface area (Å²) < 4.78 is 6.86. The summed E-state index contributed by atoms with van der Waals surface area (Å²) in [7, 11) is 5.62. The van der Waals surface area contributed by atoms with E-state index in [2.05, 4.69) is 34.5 Å². The molecular formula is C19H26N4O2. The molecule has 1 aliphatic rings. The minimum Gasteiger partial charge on any atom is -0.497 e. The highest BCUT2D eigenvalue weighted by molar-refractivity contribution is 5.92. The number of carbonyl (C=O) groups excluding carboxylic acids is 1. The highest BCUT2D eigenvalue weighted by atomic mass is 16.5. The lowest BCUT2D eigenvalue weighted by atomic mass is 9.85. The number of likely N-dealkylation sites (tertiary alicyclic amines) is 1. The zero-order valence-corrected chi connectivity index (χ0v) is 15.1. The van der Waals surface area contributed by atoms with E-state index in [1.165, 1.54) is 5.56 Å². The van der Waals surface area contributed by atoms with Gasteiger partial charge in [-0.25, -0.2) is 0 Å². The quantitative estimate of drug-likeness (QED) is 0.905. The van der Waals surface area contributed by atoms with Crippen LogP contribution in [-0.4, -0.2) is 47.8 Å². The first kappa shape index (κ1) is 17.5. The van der Waals surface area contributed by atoms with Crippen molar-refractivity contribution in [1.29, 1.82) is 0 Å². The van der Waals surface area contributed by atoms with Gasteiger partial charge in [-0.1, -0.05) is 12.1 Å². The normalized spacial score (nSPS) is 21.1. The first-order valence-electron chi connectivity index (χ1n) is 8.70. The fourth-order valence-electron chi connectivity index (χ4n) is 3.71. The summed E-state index contributed by atoms with van der Waals surface area (Å²) >= 11 is 0. The molecule has 3 rings (SSSR count). The Hall–Kier alpha value is -2.34. The van der Waals surface area contributed by atoms with E-state index in [-0.39, 0.29) is 5.91 Å². The molecule has 1 saturated heterocycles. The number of aromatic nitrogens is 2. The Labute approximate surface area is 148 Å². The molecule has 0 bridgehead atoms. The average molecular weight is 342 g/mol. The SMILES string of the molecule is COc1ccc([C@H]2[C@H](CNC(=O)c3ccnn3C)CCCN2C)cc1. The number of piperidine rings is 1. The second-order valence-corrected chi connectivity index (χ2v) is 6.65. The molecule has 2 aromatic rings. The molecule has 2 atom stereocenters. The molecule has 1 N–H and O–H groups in total. The van der Waals surface area contributed by atoms with E-state index >= 15 is 0 Å². The molecule has 1 amide bonds. The Kier molecular flexibility index (Phi) is 5.38. The van der Waals surface area contributed by atoms with Crippen LogP contribution in [0.4, 0.5) is 0 Å². The fourth-order valence-corrected chi connectivity index (χ4v) is 3.71. The van der Waals surface area contributed by atoms with Gasteiger partial charge in [0.15, 0.2) is 0 Å². The zero-order valence-electron chi connectivity index (χ0n) is 15.1. The maximum Gasteiger partial charge on any atom is 0.269 e. The third-order valence-electron chi connectivity index (χ3n) is 5.04. The molecule has 1 aliphatic heterocycles. The molecule has 0 aliphatic carbocycles. The minimum atomic E-state index is -0.0679. The monoisotopic (exact) mass is 342 g/mol. The van der Waals surface area contributed by atoms with E-state index in [9.17, 15) is 4.79 Å². The lowest BCUT2D eigenvalue weighted by molar-refractivity contribution is 0.0883. The van der Waals surface area contributed by atoms with Crippen molar-refractivity contribution < 1.29 is 9.53 Å². The third kappa shape index (κ3) is 3.85. The predicted molar refractivity (Wildman–Crippen MR) is 96.6 cm³/mol. The second-order valence-electron chi connectivity index (χ2n) is 6.65. The molecule has 6 heteroatoms. The van der Waals surface area contributed by atoms with Gasteiger partial charge in [0.2, 0.25) is 0 Å². The van der Waals surface area contributed by atoms with Gasteiger partial charge in [0, 0.05) is 25.8 Å². The van der Waals surface area contributed by atoms with E-state index in [0.29, 0.717) is 24.2 Å². The van der Waals surface area contributed by atoms with Crippen molar-refractivity contribution in [1.82, 2.24) is 20.0 Å². The van der Waals surface area contributed by atoms with E-state index in [4.69, 9.17) is 4.74 Å². The number of hydrogen-bond donors (Lipinski definition) is 1. The summed E-state index contributed by atoms with van der Waals surface area (Å²) in [5.74, 6) is 1.18. The van der Waals surface area contributed by atoms with Crippen molar-refractivity contribution in [3.05, 3.63) is 47.8 Å². The molecular weight excluding hydrogens is 316 g/mol. The van der Waals surface area contributed by atoms with Gasteiger partial charge in [-0.05, 0) is 56.1 Å². The van der Waals surface area contributed by atoms with Gasteiger partial charge >= 0.3 is 0 Å². The van der Waals surface area contributed by atoms with E-state index < -0.39 is 0 Å².